The fraction of sp³-hybridized carbons (Fsp3) is 0.111. The molecule has 0 aliphatic rings. The second kappa shape index (κ2) is 6.82. The van der Waals surface area contributed by atoms with Gasteiger partial charge in [-0.1, -0.05) is 12.1 Å². The third kappa shape index (κ3) is 3.27. The van der Waals surface area contributed by atoms with Gasteiger partial charge in [-0.05, 0) is 49.0 Å². The molecule has 3 rings (SSSR count). The van der Waals surface area contributed by atoms with E-state index in [1.165, 1.54) is 4.57 Å². The Morgan fingerprint density at radius 3 is 2.96 bits per heavy atom. The molecule has 0 aliphatic heterocycles. The van der Waals surface area contributed by atoms with Crippen molar-refractivity contribution in [2.45, 2.75) is 13.5 Å². The van der Waals surface area contributed by atoms with E-state index < -0.39 is 0 Å². The molecule has 0 spiro atoms. The van der Waals surface area contributed by atoms with Crippen LogP contribution in [-0.2, 0) is 6.54 Å². The van der Waals surface area contributed by atoms with Crippen molar-refractivity contribution < 1.29 is 4.79 Å². The Labute approximate surface area is 148 Å². The van der Waals surface area contributed by atoms with Crippen LogP contribution in [0.4, 0.5) is 5.82 Å². The smallest absolute Gasteiger partial charge is 0.262 e. The number of hydrogen-bond acceptors (Lipinski definition) is 4. The Morgan fingerprint density at radius 1 is 1.44 bits per heavy atom. The van der Waals surface area contributed by atoms with Gasteiger partial charge < -0.3 is 10.3 Å². The van der Waals surface area contributed by atoms with Crippen molar-refractivity contribution in [3.8, 4) is 0 Å². The van der Waals surface area contributed by atoms with Crippen LogP contribution in [0.3, 0.4) is 0 Å². The van der Waals surface area contributed by atoms with E-state index in [0.717, 1.165) is 5.56 Å². The summed E-state index contributed by atoms with van der Waals surface area (Å²) in [5, 5.41) is 3.22. The number of nitrogens with one attached hydrogen (secondary N) is 2. The maximum Gasteiger partial charge on any atom is 0.262 e. The molecule has 0 bridgehead atoms. The Hall–Kier alpha value is -3.06. The van der Waals surface area contributed by atoms with Crippen LogP contribution < -0.4 is 10.9 Å². The second-order valence-corrected chi connectivity index (χ2v) is 5.90. The first-order valence-corrected chi connectivity index (χ1v) is 8.03. The lowest BCUT2D eigenvalue weighted by Crippen LogP contribution is -2.22. The van der Waals surface area contributed by atoms with Crippen LogP contribution in [0.2, 0.25) is 0 Å². The van der Waals surface area contributed by atoms with Gasteiger partial charge in [-0.2, -0.15) is 0 Å². The molecule has 126 valence electrons. The number of H-pyrrole nitrogens is 1. The van der Waals surface area contributed by atoms with Gasteiger partial charge in [0.15, 0.2) is 4.77 Å². The van der Waals surface area contributed by atoms with Crippen LogP contribution in [0.5, 0.6) is 0 Å². The molecule has 3 aromatic rings. The topological polar surface area (TPSA) is 79.8 Å². The first-order valence-electron chi connectivity index (χ1n) is 7.62. The molecule has 0 radical (unpaired) electrons. The summed E-state index contributed by atoms with van der Waals surface area (Å²) in [4.78, 5) is 32.1. The predicted octanol–water partition coefficient (Wildman–Crippen LogP) is 3.20. The minimum Gasteiger partial charge on any atom is -0.332 e. The van der Waals surface area contributed by atoms with Gasteiger partial charge in [0, 0.05) is 18.3 Å². The largest absolute Gasteiger partial charge is 0.332 e. The molecule has 1 amide bonds. The van der Waals surface area contributed by atoms with Gasteiger partial charge in [0.1, 0.15) is 5.82 Å². The van der Waals surface area contributed by atoms with E-state index in [4.69, 9.17) is 12.2 Å². The summed E-state index contributed by atoms with van der Waals surface area (Å²) in [6.07, 6.45) is 3.22. The van der Waals surface area contributed by atoms with Crippen molar-refractivity contribution in [1.82, 2.24) is 14.5 Å². The molecule has 1 aromatic carbocycles. The van der Waals surface area contributed by atoms with Crippen molar-refractivity contribution in [1.29, 1.82) is 0 Å². The molecule has 0 saturated carbocycles. The van der Waals surface area contributed by atoms with E-state index in [9.17, 15) is 9.59 Å². The third-order valence-corrected chi connectivity index (χ3v) is 4.12. The third-order valence-electron chi connectivity index (χ3n) is 3.80. The van der Waals surface area contributed by atoms with Gasteiger partial charge in [0.25, 0.3) is 11.5 Å². The average Bonchev–Trinajstić information content (AvgIpc) is 2.60. The molecule has 2 aromatic heterocycles. The number of carbonyl (C=O) groups is 1. The average molecular weight is 352 g/mol. The summed E-state index contributed by atoms with van der Waals surface area (Å²) in [7, 11) is 0. The lowest BCUT2D eigenvalue weighted by Gasteiger charge is -2.09. The van der Waals surface area contributed by atoms with Gasteiger partial charge >= 0.3 is 0 Å². The highest BCUT2D eigenvalue weighted by Crippen LogP contribution is 2.14. The number of nitrogens with zero attached hydrogens (tertiary/aromatic N) is 2. The van der Waals surface area contributed by atoms with Crippen molar-refractivity contribution >= 4 is 34.8 Å². The molecular formula is C18H16N4O2S. The summed E-state index contributed by atoms with van der Waals surface area (Å²) in [6.45, 7) is 5.81. The fourth-order valence-electron chi connectivity index (χ4n) is 2.49. The van der Waals surface area contributed by atoms with Crippen molar-refractivity contribution in [3.63, 3.8) is 0 Å². The number of benzene rings is 1. The number of hydrogen-bond donors (Lipinski definition) is 2. The van der Waals surface area contributed by atoms with Crippen LogP contribution >= 0.6 is 12.2 Å². The molecular weight excluding hydrogens is 336 g/mol. The first kappa shape index (κ1) is 16.8. The van der Waals surface area contributed by atoms with Crippen molar-refractivity contribution in [2.75, 3.05) is 5.32 Å². The maximum atomic E-state index is 12.5. The maximum absolute atomic E-state index is 12.5. The number of anilines is 1. The van der Waals surface area contributed by atoms with Gasteiger partial charge in [-0.3, -0.25) is 14.2 Å². The van der Waals surface area contributed by atoms with Crippen molar-refractivity contribution in [3.05, 3.63) is 75.4 Å². The number of allylic oxidation sites excluding steroid dienone is 1. The highest BCUT2D eigenvalue weighted by Gasteiger charge is 2.11. The fourth-order valence-corrected chi connectivity index (χ4v) is 2.75. The summed E-state index contributed by atoms with van der Waals surface area (Å²) in [5.74, 6) is 0.195. The number of aromatic nitrogens is 3. The zero-order chi connectivity index (χ0) is 18.0. The van der Waals surface area contributed by atoms with Crippen LogP contribution in [-0.4, -0.2) is 20.4 Å². The normalized spacial score (nSPS) is 10.6. The predicted molar refractivity (Wildman–Crippen MR) is 101 cm³/mol. The zero-order valence-electron chi connectivity index (χ0n) is 13.6. The first-order chi connectivity index (χ1) is 12.0. The molecule has 0 unspecified atom stereocenters. The number of pyridine rings is 1. The Morgan fingerprint density at radius 2 is 2.24 bits per heavy atom. The van der Waals surface area contributed by atoms with Gasteiger partial charge in [-0.15, -0.1) is 6.58 Å². The molecule has 7 heteroatoms. The minimum atomic E-state index is -0.307. The van der Waals surface area contributed by atoms with Crippen LogP contribution in [0, 0.1) is 11.7 Å². The molecule has 0 saturated heterocycles. The number of carbonyl (C=O) groups excluding carboxylic acids is 1. The standard InChI is InChI=1S/C18H16N4O2S/c1-3-9-22-17(24)13-7-6-12(10-14(13)20-18(22)25)16(23)21-15-11(2)5-4-8-19-15/h3-8,10H,1,9H2,2H3,(H,20,25)(H,19,21,23). The van der Waals surface area contributed by atoms with E-state index in [0.29, 0.717) is 28.8 Å². The summed E-state index contributed by atoms with van der Waals surface area (Å²) in [5.41, 5.74) is 1.57. The van der Waals surface area contributed by atoms with E-state index in [1.807, 2.05) is 13.0 Å². The molecule has 0 fully saturated rings. The lowest BCUT2D eigenvalue weighted by atomic mass is 10.1. The molecule has 2 N–H and O–H groups in total. The number of aryl methyl sites for hydroxylation is 1. The summed E-state index contributed by atoms with van der Waals surface area (Å²) in [6, 6.07) is 8.49. The second-order valence-electron chi connectivity index (χ2n) is 5.52. The summed E-state index contributed by atoms with van der Waals surface area (Å²) >= 11 is 5.21. The van der Waals surface area contributed by atoms with Crippen molar-refractivity contribution in [2.24, 2.45) is 0 Å². The minimum absolute atomic E-state index is 0.217. The van der Waals surface area contributed by atoms with Crippen LogP contribution in [0.25, 0.3) is 10.9 Å². The highest BCUT2D eigenvalue weighted by molar-refractivity contribution is 7.71. The SMILES string of the molecule is C=CCn1c(=S)[nH]c2cc(C(=O)Nc3ncccc3C)ccc2c1=O. The van der Waals surface area contributed by atoms with E-state index in [2.05, 4.69) is 21.9 Å². The van der Waals surface area contributed by atoms with Gasteiger partial charge in [0.2, 0.25) is 0 Å². The lowest BCUT2D eigenvalue weighted by molar-refractivity contribution is 0.102. The Kier molecular flexibility index (Phi) is 4.58. The van der Waals surface area contributed by atoms with E-state index >= 15 is 0 Å². The quantitative estimate of drug-likeness (QED) is 0.558. The monoisotopic (exact) mass is 352 g/mol. The Bertz CT molecular complexity index is 1100. The zero-order valence-corrected chi connectivity index (χ0v) is 14.4. The molecule has 25 heavy (non-hydrogen) atoms. The van der Waals surface area contributed by atoms with Crippen LogP contribution in [0.15, 0.2) is 54.0 Å². The molecule has 6 nitrogen and oxygen atoms in total. The van der Waals surface area contributed by atoms with Gasteiger partial charge in [0.05, 0.1) is 10.9 Å². The number of rotatable bonds is 4. The highest BCUT2D eigenvalue weighted by atomic mass is 32.1. The molecule has 0 atom stereocenters. The molecule has 0 aliphatic carbocycles. The number of fused-ring (bicyclic) bond motifs is 1. The number of aromatic amines is 1. The Balaban J connectivity index is 2.01. The van der Waals surface area contributed by atoms with E-state index in [1.54, 1.807) is 36.5 Å². The molecule has 2 heterocycles. The summed E-state index contributed by atoms with van der Waals surface area (Å²) < 4.78 is 1.71. The van der Waals surface area contributed by atoms with Gasteiger partial charge in [-0.25, -0.2) is 4.98 Å². The van der Waals surface area contributed by atoms with Crippen LogP contribution in [0.1, 0.15) is 15.9 Å². The number of amides is 1. The van der Waals surface area contributed by atoms with E-state index in [-0.39, 0.29) is 16.2 Å².